The fraction of sp³-hybridized carbons (Fsp3) is 0.923. The number of piperidine rings is 1. The molecule has 1 fully saturated rings. The van der Waals surface area contributed by atoms with Gasteiger partial charge in [0.1, 0.15) is 5.54 Å². The molecule has 0 bridgehead atoms. The Morgan fingerprint density at radius 2 is 1.94 bits per heavy atom. The molecule has 0 saturated carbocycles. The summed E-state index contributed by atoms with van der Waals surface area (Å²) in [6.07, 6.45) is 5.21. The van der Waals surface area contributed by atoms with Crippen LogP contribution in [0.15, 0.2) is 0 Å². The van der Waals surface area contributed by atoms with Gasteiger partial charge in [0.15, 0.2) is 0 Å². The van der Waals surface area contributed by atoms with Crippen molar-refractivity contribution < 1.29 is 9.90 Å². The quantitative estimate of drug-likeness (QED) is 0.772. The van der Waals surface area contributed by atoms with E-state index >= 15 is 0 Å². The number of carboxylic acids is 1. The zero-order valence-corrected chi connectivity index (χ0v) is 11.3. The molecule has 0 aliphatic carbocycles. The van der Waals surface area contributed by atoms with E-state index in [-0.39, 0.29) is 0 Å². The van der Waals surface area contributed by atoms with Crippen molar-refractivity contribution in [2.24, 2.45) is 5.73 Å². The van der Waals surface area contributed by atoms with E-state index in [0.717, 1.165) is 13.0 Å². The van der Waals surface area contributed by atoms with Crippen LogP contribution in [0.25, 0.3) is 0 Å². The lowest BCUT2D eigenvalue weighted by Gasteiger charge is -2.39. The molecular formula is C13H26N2O2. The minimum atomic E-state index is -1.08. The number of likely N-dealkylation sites (tertiary alicyclic amines) is 1. The molecule has 100 valence electrons. The SMILES string of the molecule is CC1CCCC(C)N1CCCC(C)(N)C(=O)O. The summed E-state index contributed by atoms with van der Waals surface area (Å²) in [5.74, 6) is -0.905. The smallest absolute Gasteiger partial charge is 0.323 e. The summed E-state index contributed by atoms with van der Waals surface area (Å²) in [4.78, 5) is 13.4. The van der Waals surface area contributed by atoms with E-state index in [1.54, 1.807) is 6.92 Å². The van der Waals surface area contributed by atoms with E-state index in [9.17, 15) is 4.79 Å². The minimum Gasteiger partial charge on any atom is -0.480 e. The largest absolute Gasteiger partial charge is 0.480 e. The van der Waals surface area contributed by atoms with Gasteiger partial charge in [0.05, 0.1) is 0 Å². The fourth-order valence-corrected chi connectivity index (χ4v) is 2.65. The van der Waals surface area contributed by atoms with Gasteiger partial charge >= 0.3 is 5.97 Å². The first-order valence-corrected chi connectivity index (χ1v) is 6.62. The van der Waals surface area contributed by atoms with Gasteiger partial charge in [-0.25, -0.2) is 0 Å². The molecule has 17 heavy (non-hydrogen) atoms. The van der Waals surface area contributed by atoms with Crippen LogP contribution in [0.4, 0.5) is 0 Å². The maximum Gasteiger partial charge on any atom is 0.323 e. The van der Waals surface area contributed by atoms with Crippen LogP contribution in [-0.2, 0) is 4.79 Å². The van der Waals surface area contributed by atoms with Gasteiger partial charge in [-0.2, -0.15) is 0 Å². The minimum absolute atomic E-state index is 0.540. The lowest BCUT2D eigenvalue weighted by atomic mass is 9.94. The number of nitrogens with zero attached hydrogens (tertiary/aromatic N) is 1. The summed E-state index contributed by atoms with van der Waals surface area (Å²) in [5.41, 5.74) is 4.65. The standard InChI is InChI=1S/C13H26N2O2/c1-10-6-4-7-11(2)15(10)9-5-8-13(3,14)12(16)17/h10-11H,4-9,14H2,1-3H3,(H,16,17). The number of hydrogen-bond acceptors (Lipinski definition) is 3. The molecular weight excluding hydrogens is 216 g/mol. The molecule has 0 aromatic carbocycles. The van der Waals surface area contributed by atoms with Crippen molar-refractivity contribution >= 4 is 5.97 Å². The van der Waals surface area contributed by atoms with Crippen LogP contribution in [0.2, 0.25) is 0 Å². The van der Waals surface area contributed by atoms with Crippen LogP contribution in [0.1, 0.15) is 52.9 Å². The monoisotopic (exact) mass is 242 g/mol. The lowest BCUT2D eigenvalue weighted by molar-refractivity contribution is -0.143. The Balaban J connectivity index is 2.37. The first-order valence-electron chi connectivity index (χ1n) is 6.62. The first kappa shape index (κ1) is 14.5. The molecule has 4 nitrogen and oxygen atoms in total. The normalized spacial score (nSPS) is 29.9. The number of nitrogens with two attached hydrogens (primary N) is 1. The molecule has 1 rings (SSSR count). The van der Waals surface area contributed by atoms with Crippen molar-refractivity contribution in [1.82, 2.24) is 4.90 Å². The Labute approximate surface area is 104 Å². The Morgan fingerprint density at radius 1 is 1.41 bits per heavy atom. The van der Waals surface area contributed by atoms with Crippen LogP contribution in [0, 0.1) is 0 Å². The number of carbonyl (C=O) groups is 1. The van der Waals surface area contributed by atoms with Crippen LogP contribution in [0.5, 0.6) is 0 Å². The highest BCUT2D eigenvalue weighted by atomic mass is 16.4. The Morgan fingerprint density at radius 3 is 2.41 bits per heavy atom. The van der Waals surface area contributed by atoms with Crippen molar-refractivity contribution in [2.45, 2.75) is 70.5 Å². The van der Waals surface area contributed by atoms with Gasteiger partial charge in [-0.1, -0.05) is 6.42 Å². The van der Waals surface area contributed by atoms with Crippen LogP contribution in [-0.4, -0.2) is 40.1 Å². The summed E-state index contributed by atoms with van der Waals surface area (Å²) < 4.78 is 0. The van der Waals surface area contributed by atoms with Crippen molar-refractivity contribution in [3.8, 4) is 0 Å². The molecule has 1 aliphatic rings. The molecule has 3 N–H and O–H groups in total. The van der Waals surface area contributed by atoms with E-state index < -0.39 is 11.5 Å². The zero-order valence-electron chi connectivity index (χ0n) is 11.3. The summed E-state index contributed by atoms with van der Waals surface area (Å²) in [6.45, 7) is 7.07. The molecule has 0 spiro atoms. The topological polar surface area (TPSA) is 66.6 Å². The Hall–Kier alpha value is -0.610. The van der Waals surface area contributed by atoms with Gasteiger partial charge in [0.25, 0.3) is 0 Å². The summed E-state index contributed by atoms with van der Waals surface area (Å²) >= 11 is 0. The molecule has 0 amide bonds. The van der Waals surface area contributed by atoms with Gasteiger partial charge in [-0.3, -0.25) is 9.69 Å². The highest BCUT2D eigenvalue weighted by Crippen LogP contribution is 2.23. The predicted molar refractivity (Wildman–Crippen MR) is 68.9 cm³/mol. The number of rotatable bonds is 5. The van der Waals surface area contributed by atoms with Crippen molar-refractivity contribution in [1.29, 1.82) is 0 Å². The van der Waals surface area contributed by atoms with Crippen LogP contribution >= 0.6 is 0 Å². The molecule has 3 unspecified atom stereocenters. The van der Waals surface area contributed by atoms with Gasteiger partial charge in [0.2, 0.25) is 0 Å². The molecule has 0 aromatic rings. The highest BCUT2D eigenvalue weighted by molar-refractivity contribution is 5.77. The van der Waals surface area contributed by atoms with E-state index in [1.807, 2.05) is 0 Å². The molecule has 3 atom stereocenters. The second kappa shape index (κ2) is 5.83. The van der Waals surface area contributed by atoms with Gasteiger partial charge < -0.3 is 10.8 Å². The van der Waals surface area contributed by atoms with Gasteiger partial charge in [-0.05, 0) is 53.0 Å². The van der Waals surface area contributed by atoms with Crippen molar-refractivity contribution in [3.63, 3.8) is 0 Å². The second-order valence-corrected chi connectivity index (χ2v) is 5.69. The average Bonchev–Trinajstić information content (AvgIpc) is 2.22. The van der Waals surface area contributed by atoms with Gasteiger partial charge in [0, 0.05) is 12.1 Å². The molecule has 1 heterocycles. The van der Waals surface area contributed by atoms with Crippen LogP contribution < -0.4 is 5.73 Å². The fourth-order valence-electron chi connectivity index (χ4n) is 2.65. The molecule has 1 aliphatic heterocycles. The highest BCUT2D eigenvalue weighted by Gasteiger charge is 2.29. The average molecular weight is 242 g/mol. The second-order valence-electron chi connectivity index (χ2n) is 5.69. The third-order valence-corrected chi connectivity index (χ3v) is 3.98. The van der Waals surface area contributed by atoms with Crippen molar-refractivity contribution in [2.75, 3.05) is 6.54 Å². The van der Waals surface area contributed by atoms with Crippen LogP contribution in [0.3, 0.4) is 0 Å². The number of aliphatic carboxylic acids is 1. The van der Waals surface area contributed by atoms with E-state index in [4.69, 9.17) is 10.8 Å². The predicted octanol–water partition coefficient (Wildman–Crippen LogP) is 1.83. The third kappa shape index (κ3) is 3.96. The maximum atomic E-state index is 10.9. The Kier molecular flexibility index (Phi) is 4.95. The maximum absolute atomic E-state index is 10.9. The first-order chi connectivity index (χ1) is 7.84. The van der Waals surface area contributed by atoms with Crippen molar-refractivity contribution in [3.05, 3.63) is 0 Å². The lowest BCUT2D eigenvalue weighted by Crippen LogP contribution is -2.47. The summed E-state index contributed by atoms with van der Waals surface area (Å²) in [5, 5.41) is 8.94. The molecule has 4 heteroatoms. The van der Waals surface area contributed by atoms with E-state index in [2.05, 4.69) is 18.7 Å². The number of hydrogen-bond donors (Lipinski definition) is 2. The van der Waals surface area contributed by atoms with E-state index in [1.165, 1.54) is 19.3 Å². The summed E-state index contributed by atoms with van der Waals surface area (Å²) in [7, 11) is 0. The summed E-state index contributed by atoms with van der Waals surface area (Å²) in [6, 6.07) is 1.24. The molecule has 1 saturated heterocycles. The number of carboxylic acid groups (broad SMARTS) is 1. The van der Waals surface area contributed by atoms with E-state index in [0.29, 0.717) is 18.5 Å². The molecule has 0 radical (unpaired) electrons. The third-order valence-electron chi connectivity index (χ3n) is 3.98. The molecule has 0 aromatic heterocycles. The Bertz CT molecular complexity index is 256. The zero-order chi connectivity index (χ0) is 13.1. The van der Waals surface area contributed by atoms with Gasteiger partial charge in [-0.15, -0.1) is 0 Å².